The summed E-state index contributed by atoms with van der Waals surface area (Å²) in [6.45, 7) is 3.97. The van der Waals surface area contributed by atoms with Gasteiger partial charge < -0.3 is 10.1 Å². The minimum absolute atomic E-state index is 0.166. The van der Waals surface area contributed by atoms with Crippen LogP contribution in [0.25, 0.3) is 0 Å². The molecule has 0 radical (unpaired) electrons. The third-order valence-corrected chi connectivity index (χ3v) is 3.51. The minimum atomic E-state index is -0.335. The largest absolute Gasteiger partial charge is 0.467 e. The van der Waals surface area contributed by atoms with Gasteiger partial charge in [-0.15, -0.1) is 0 Å². The summed E-state index contributed by atoms with van der Waals surface area (Å²) < 4.78 is 4.79. The first kappa shape index (κ1) is 14.2. The van der Waals surface area contributed by atoms with Crippen LogP contribution in [0.5, 0.6) is 0 Å². The van der Waals surface area contributed by atoms with E-state index in [1.807, 2.05) is 13.8 Å². The molecular formula is C13H21NO2S. The van der Waals surface area contributed by atoms with Crippen LogP contribution in [0.3, 0.4) is 0 Å². The highest BCUT2D eigenvalue weighted by atomic mass is 32.1. The molecule has 0 amide bonds. The highest BCUT2D eigenvalue weighted by Crippen LogP contribution is 2.19. The molecule has 0 aromatic carbocycles. The molecule has 4 heteroatoms. The Morgan fingerprint density at radius 1 is 1.47 bits per heavy atom. The number of nitrogens with one attached hydrogen (secondary N) is 1. The number of thiocarbonyl (C=S) groups is 1. The van der Waals surface area contributed by atoms with E-state index in [1.54, 1.807) is 0 Å². The fraction of sp³-hybridized carbons (Fsp3) is 0.692. The standard InChI is InChI=1S/C13H21NO2S/c1-9(2)11(13(15)16-3)14-12(17)10-7-5-4-6-8-10/h4-5,9-11H,6-8H2,1-3H3,(H,14,17)/t10?,11-/m0/s1. The van der Waals surface area contributed by atoms with Gasteiger partial charge in [-0.1, -0.05) is 38.2 Å². The Morgan fingerprint density at radius 3 is 2.65 bits per heavy atom. The number of hydrogen-bond acceptors (Lipinski definition) is 3. The van der Waals surface area contributed by atoms with Crippen LogP contribution in [-0.4, -0.2) is 24.1 Å². The lowest BCUT2D eigenvalue weighted by Crippen LogP contribution is -2.46. The van der Waals surface area contributed by atoms with Gasteiger partial charge in [0.2, 0.25) is 0 Å². The Kier molecular flexibility index (Phi) is 5.62. The molecule has 0 aromatic heterocycles. The Labute approximate surface area is 109 Å². The number of hydrogen-bond donors (Lipinski definition) is 1. The SMILES string of the molecule is COC(=O)[C@@H](NC(=S)C1CC=CCC1)C(C)C. The molecule has 1 N–H and O–H groups in total. The second kappa shape index (κ2) is 6.74. The van der Waals surface area contributed by atoms with Crippen molar-refractivity contribution >= 4 is 23.2 Å². The van der Waals surface area contributed by atoms with Crippen LogP contribution in [0.1, 0.15) is 33.1 Å². The first-order valence-electron chi connectivity index (χ1n) is 6.09. The molecule has 17 heavy (non-hydrogen) atoms. The second-order valence-corrected chi connectivity index (χ2v) is 5.17. The van der Waals surface area contributed by atoms with E-state index in [0.29, 0.717) is 5.92 Å². The van der Waals surface area contributed by atoms with E-state index in [4.69, 9.17) is 17.0 Å². The molecule has 1 rings (SSSR count). The van der Waals surface area contributed by atoms with E-state index in [1.165, 1.54) is 7.11 Å². The van der Waals surface area contributed by atoms with Crippen molar-refractivity contribution in [2.75, 3.05) is 7.11 Å². The van der Waals surface area contributed by atoms with Crippen LogP contribution in [0.4, 0.5) is 0 Å². The van der Waals surface area contributed by atoms with Gasteiger partial charge >= 0.3 is 5.97 Å². The zero-order valence-electron chi connectivity index (χ0n) is 10.7. The summed E-state index contributed by atoms with van der Waals surface area (Å²) in [6.07, 6.45) is 7.44. The van der Waals surface area contributed by atoms with Crippen LogP contribution in [0.2, 0.25) is 0 Å². The summed E-state index contributed by atoms with van der Waals surface area (Å²) in [7, 11) is 1.41. The van der Waals surface area contributed by atoms with Crippen LogP contribution in [0, 0.1) is 11.8 Å². The van der Waals surface area contributed by atoms with E-state index >= 15 is 0 Å². The van der Waals surface area contributed by atoms with Crippen LogP contribution >= 0.6 is 12.2 Å². The quantitative estimate of drug-likeness (QED) is 0.476. The van der Waals surface area contributed by atoms with E-state index in [9.17, 15) is 4.79 Å². The van der Waals surface area contributed by atoms with Crippen molar-refractivity contribution in [2.24, 2.45) is 11.8 Å². The number of ether oxygens (including phenoxy) is 1. The van der Waals surface area contributed by atoms with Crippen molar-refractivity contribution in [1.29, 1.82) is 0 Å². The molecule has 0 bridgehead atoms. The first-order chi connectivity index (χ1) is 8.06. The van der Waals surface area contributed by atoms with E-state index in [-0.39, 0.29) is 17.9 Å². The maximum atomic E-state index is 11.6. The highest BCUT2D eigenvalue weighted by Gasteiger charge is 2.26. The molecule has 0 saturated heterocycles. The molecular weight excluding hydrogens is 234 g/mol. The third kappa shape index (κ3) is 4.11. The molecule has 0 heterocycles. The van der Waals surface area contributed by atoms with Crippen LogP contribution in [-0.2, 0) is 9.53 Å². The molecule has 0 fully saturated rings. The molecule has 1 aliphatic rings. The average molecular weight is 255 g/mol. The molecule has 3 nitrogen and oxygen atoms in total. The Balaban J connectivity index is 2.57. The smallest absolute Gasteiger partial charge is 0.328 e. The molecule has 0 spiro atoms. The van der Waals surface area contributed by atoms with Gasteiger partial charge in [0.05, 0.1) is 12.1 Å². The number of allylic oxidation sites excluding steroid dienone is 2. The number of carbonyl (C=O) groups is 1. The summed E-state index contributed by atoms with van der Waals surface area (Å²) in [4.78, 5) is 12.4. The third-order valence-electron chi connectivity index (χ3n) is 3.06. The maximum absolute atomic E-state index is 11.6. The number of carbonyl (C=O) groups excluding carboxylic acids is 1. The molecule has 0 saturated carbocycles. The van der Waals surface area contributed by atoms with Gasteiger partial charge in [-0.25, -0.2) is 4.79 Å². The van der Waals surface area contributed by atoms with Crippen molar-refractivity contribution in [3.8, 4) is 0 Å². The Bertz CT molecular complexity index is 313. The van der Waals surface area contributed by atoms with Gasteiger partial charge in [-0.3, -0.25) is 0 Å². The molecule has 0 aliphatic heterocycles. The van der Waals surface area contributed by atoms with Crippen molar-refractivity contribution in [1.82, 2.24) is 5.32 Å². The second-order valence-electron chi connectivity index (χ2n) is 4.73. The van der Waals surface area contributed by atoms with Crippen molar-refractivity contribution in [2.45, 2.75) is 39.2 Å². The Hall–Kier alpha value is -0.900. The molecule has 1 aliphatic carbocycles. The van der Waals surface area contributed by atoms with Gasteiger partial charge in [0.1, 0.15) is 6.04 Å². The predicted molar refractivity (Wildman–Crippen MR) is 72.9 cm³/mol. The summed E-state index contributed by atoms with van der Waals surface area (Å²) >= 11 is 5.38. The predicted octanol–water partition coefficient (Wildman–Crippen LogP) is 2.46. The van der Waals surface area contributed by atoms with Crippen LogP contribution in [0.15, 0.2) is 12.2 Å². The lowest BCUT2D eigenvalue weighted by atomic mass is 9.93. The molecule has 96 valence electrons. The number of esters is 1. The lowest BCUT2D eigenvalue weighted by molar-refractivity contribution is -0.143. The van der Waals surface area contributed by atoms with E-state index in [0.717, 1.165) is 24.3 Å². The summed E-state index contributed by atoms with van der Waals surface area (Å²) in [5, 5.41) is 3.16. The number of methoxy groups -OCH3 is 1. The van der Waals surface area contributed by atoms with Gasteiger partial charge in [0.25, 0.3) is 0 Å². The lowest BCUT2D eigenvalue weighted by Gasteiger charge is -2.26. The monoisotopic (exact) mass is 255 g/mol. The summed E-state index contributed by atoms with van der Waals surface area (Å²) in [5.74, 6) is 0.286. The summed E-state index contributed by atoms with van der Waals surface area (Å²) in [5.41, 5.74) is 0. The van der Waals surface area contributed by atoms with Crippen molar-refractivity contribution in [3.05, 3.63) is 12.2 Å². The molecule has 0 aromatic rings. The van der Waals surface area contributed by atoms with Crippen molar-refractivity contribution in [3.63, 3.8) is 0 Å². The summed E-state index contributed by atoms with van der Waals surface area (Å²) in [6, 6.07) is -0.335. The van der Waals surface area contributed by atoms with Gasteiger partial charge in [-0.2, -0.15) is 0 Å². The minimum Gasteiger partial charge on any atom is -0.467 e. The zero-order valence-corrected chi connectivity index (χ0v) is 11.5. The van der Waals surface area contributed by atoms with Crippen LogP contribution < -0.4 is 5.32 Å². The fourth-order valence-corrected chi connectivity index (χ4v) is 2.27. The topological polar surface area (TPSA) is 38.3 Å². The van der Waals surface area contributed by atoms with Crippen molar-refractivity contribution < 1.29 is 9.53 Å². The number of rotatable bonds is 4. The van der Waals surface area contributed by atoms with Gasteiger partial charge in [-0.05, 0) is 25.2 Å². The maximum Gasteiger partial charge on any atom is 0.328 e. The fourth-order valence-electron chi connectivity index (χ4n) is 1.93. The molecule has 2 atom stereocenters. The molecule has 1 unspecified atom stereocenters. The van der Waals surface area contributed by atoms with Gasteiger partial charge in [0, 0.05) is 5.92 Å². The van der Waals surface area contributed by atoms with Gasteiger partial charge in [0.15, 0.2) is 0 Å². The average Bonchev–Trinajstić information content (AvgIpc) is 2.35. The normalized spacial score (nSPS) is 21.1. The zero-order chi connectivity index (χ0) is 12.8. The van der Waals surface area contributed by atoms with E-state index < -0.39 is 0 Å². The van der Waals surface area contributed by atoms with E-state index in [2.05, 4.69) is 17.5 Å². The Morgan fingerprint density at radius 2 is 2.18 bits per heavy atom. The highest BCUT2D eigenvalue weighted by molar-refractivity contribution is 7.80. The first-order valence-corrected chi connectivity index (χ1v) is 6.50.